The Morgan fingerprint density at radius 1 is 1.58 bits per heavy atom. The SMILES string of the molecule is CN(Cc1cscn1)S(=O)(=O)c1cc(CN)oc1Br. The Bertz CT molecular complexity index is 652. The molecule has 2 N–H and O–H groups in total. The van der Waals surface area contributed by atoms with Gasteiger partial charge < -0.3 is 10.2 Å². The van der Waals surface area contributed by atoms with Crippen LogP contribution in [0, 0.1) is 0 Å². The van der Waals surface area contributed by atoms with Crippen LogP contribution in [0.25, 0.3) is 0 Å². The monoisotopic (exact) mass is 365 g/mol. The van der Waals surface area contributed by atoms with E-state index in [0.29, 0.717) is 11.5 Å². The van der Waals surface area contributed by atoms with Crippen LogP contribution >= 0.6 is 27.3 Å². The summed E-state index contributed by atoms with van der Waals surface area (Å²) in [5.41, 5.74) is 7.80. The van der Waals surface area contributed by atoms with Gasteiger partial charge in [-0.25, -0.2) is 13.4 Å². The number of rotatable bonds is 5. The number of halogens is 1. The van der Waals surface area contributed by atoms with Gasteiger partial charge in [0.15, 0.2) is 4.67 Å². The minimum absolute atomic E-state index is 0.0747. The Hall–Kier alpha value is -0.740. The van der Waals surface area contributed by atoms with Gasteiger partial charge >= 0.3 is 0 Å². The predicted octanol–water partition coefficient (Wildman–Crippen LogP) is 1.78. The van der Waals surface area contributed by atoms with Crippen molar-refractivity contribution in [2.45, 2.75) is 18.0 Å². The van der Waals surface area contributed by atoms with Crippen molar-refractivity contribution in [3.63, 3.8) is 0 Å². The lowest BCUT2D eigenvalue weighted by molar-refractivity contribution is 0.455. The molecule has 2 aromatic heterocycles. The number of furan rings is 1. The van der Waals surface area contributed by atoms with E-state index in [-0.39, 0.29) is 22.7 Å². The Labute approximate surface area is 123 Å². The molecule has 2 rings (SSSR count). The molecule has 104 valence electrons. The maximum absolute atomic E-state index is 12.4. The molecule has 2 heterocycles. The molecule has 0 amide bonds. The fourth-order valence-corrected chi connectivity index (χ4v) is 4.12. The quantitative estimate of drug-likeness (QED) is 0.871. The van der Waals surface area contributed by atoms with Gasteiger partial charge in [-0.3, -0.25) is 0 Å². The molecule has 0 aliphatic rings. The van der Waals surface area contributed by atoms with Gasteiger partial charge in [0.1, 0.15) is 10.7 Å². The van der Waals surface area contributed by atoms with Gasteiger partial charge in [0.2, 0.25) is 10.0 Å². The second-order valence-corrected chi connectivity index (χ2v) is 7.25. The molecule has 0 atom stereocenters. The first-order chi connectivity index (χ1) is 8.95. The van der Waals surface area contributed by atoms with E-state index in [4.69, 9.17) is 10.2 Å². The number of nitrogens with two attached hydrogens (primary N) is 1. The molecule has 0 fully saturated rings. The summed E-state index contributed by atoms with van der Waals surface area (Å²) < 4.78 is 31.4. The number of thiazole rings is 1. The molecule has 0 aliphatic carbocycles. The summed E-state index contributed by atoms with van der Waals surface area (Å²) in [5.74, 6) is 0.410. The number of hydrogen-bond acceptors (Lipinski definition) is 6. The van der Waals surface area contributed by atoms with Gasteiger partial charge in [0.05, 0.1) is 24.3 Å². The highest BCUT2D eigenvalue weighted by Gasteiger charge is 2.27. The summed E-state index contributed by atoms with van der Waals surface area (Å²) in [7, 11) is -2.14. The lowest BCUT2D eigenvalue weighted by Gasteiger charge is -2.14. The second kappa shape index (κ2) is 5.71. The Morgan fingerprint density at radius 3 is 2.84 bits per heavy atom. The van der Waals surface area contributed by atoms with E-state index in [1.807, 2.05) is 5.38 Å². The smallest absolute Gasteiger partial charge is 0.247 e. The van der Waals surface area contributed by atoms with E-state index < -0.39 is 10.0 Å². The summed E-state index contributed by atoms with van der Waals surface area (Å²) in [6.07, 6.45) is 0. The highest BCUT2D eigenvalue weighted by molar-refractivity contribution is 9.10. The van der Waals surface area contributed by atoms with Gasteiger partial charge in [0.25, 0.3) is 0 Å². The summed E-state index contributed by atoms with van der Waals surface area (Å²) in [6, 6.07) is 1.43. The van der Waals surface area contributed by atoms with E-state index in [9.17, 15) is 8.42 Å². The number of sulfonamides is 1. The molecule has 9 heteroatoms. The molecular formula is C10H12BrN3O3S2. The average Bonchev–Trinajstić information content (AvgIpc) is 2.98. The predicted molar refractivity (Wildman–Crippen MR) is 75.1 cm³/mol. The van der Waals surface area contributed by atoms with Crippen molar-refractivity contribution in [2.24, 2.45) is 5.73 Å². The first-order valence-corrected chi connectivity index (χ1v) is 8.44. The van der Waals surface area contributed by atoms with Crippen LogP contribution in [0.15, 0.2) is 30.9 Å². The molecule has 6 nitrogen and oxygen atoms in total. The lowest BCUT2D eigenvalue weighted by atomic mass is 10.5. The highest BCUT2D eigenvalue weighted by atomic mass is 79.9. The number of aromatic nitrogens is 1. The zero-order chi connectivity index (χ0) is 14.0. The highest BCUT2D eigenvalue weighted by Crippen LogP contribution is 2.28. The first kappa shape index (κ1) is 14.7. The van der Waals surface area contributed by atoms with Crippen molar-refractivity contribution in [3.05, 3.63) is 33.1 Å². The molecule has 2 aromatic rings. The fraction of sp³-hybridized carbons (Fsp3) is 0.300. The van der Waals surface area contributed by atoms with Crippen molar-refractivity contribution < 1.29 is 12.8 Å². The Kier molecular flexibility index (Phi) is 4.41. The van der Waals surface area contributed by atoms with Gasteiger partial charge in [-0.1, -0.05) is 0 Å². The summed E-state index contributed by atoms with van der Waals surface area (Å²) in [6.45, 7) is 0.353. The molecule has 0 radical (unpaired) electrons. The zero-order valence-corrected chi connectivity index (χ0v) is 13.3. The molecule has 0 aliphatic heterocycles. The fourth-order valence-electron chi connectivity index (χ4n) is 1.47. The molecular weight excluding hydrogens is 354 g/mol. The number of hydrogen-bond donors (Lipinski definition) is 1. The summed E-state index contributed by atoms with van der Waals surface area (Å²) in [5, 5.41) is 1.81. The van der Waals surface area contributed by atoms with Crippen LogP contribution in [-0.4, -0.2) is 24.8 Å². The van der Waals surface area contributed by atoms with E-state index in [2.05, 4.69) is 20.9 Å². The average molecular weight is 366 g/mol. The van der Waals surface area contributed by atoms with Crippen LogP contribution < -0.4 is 5.73 Å². The third kappa shape index (κ3) is 3.06. The topological polar surface area (TPSA) is 89.4 Å². The summed E-state index contributed by atoms with van der Waals surface area (Å²) >= 11 is 4.52. The second-order valence-electron chi connectivity index (χ2n) is 3.80. The molecule has 19 heavy (non-hydrogen) atoms. The van der Waals surface area contributed by atoms with Gasteiger partial charge in [-0.05, 0) is 15.9 Å². The van der Waals surface area contributed by atoms with Crippen molar-refractivity contribution >= 4 is 37.3 Å². The van der Waals surface area contributed by atoms with E-state index in [1.54, 1.807) is 5.51 Å². The van der Waals surface area contributed by atoms with Crippen LogP contribution in [0.4, 0.5) is 0 Å². The van der Waals surface area contributed by atoms with Gasteiger partial charge in [-0.2, -0.15) is 4.31 Å². The zero-order valence-electron chi connectivity index (χ0n) is 10.0. The summed E-state index contributed by atoms with van der Waals surface area (Å²) in [4.78, 5) is 4.14. The Balaban J connectivity index is 2.28. The molecule has 0 unspecified atom stereocenters. The maximum atomic E-state index is 12.4. The van der Waals surface area contributed by atoms with Crippen LogP contribution in [0.3, 0.4) is 0 Å². The van der Waals surface area contributed by atoms with Crippen LogP contribution in [0.5, 0.6) is 0 Å². The largest absolute Gasteiger partial charge is 0.452 e. The molecule has 0 bridgehead atoms. The lowest BCUT2D eigenvalue weighted by Crippen LogP contribution is -2.26. The van der Waals surface area contributed by atoms with E-state index in [0.717, 1.165) is 0 Å². The molecule has 0 saturated heterocycles. The normalized spacial score (nSPS) is 12.2. The maximum Gasteiger partial charge on any atom is 0.247 e. The van der Waals surface area contributed by atoms with Crippen molar-refractivity contribution in [3.8, 4) is 0 Å². The molecule has 0 saturated carbocycles. The standard InChI is InChI=1S/C10H12BrN3O3S2/c1-14(4-7-5-18-6-13-7)19(15,16)9-2-8(3-12)17-10(9)11/h2,5-6H,3-4,12H2,1H3. The Morgan fingerprint density at radius 2 is 2.32 bits per heavy atom. The van der Waals surface area contributed by atoms with Crippen LogP contribution in [0.2, 0.25) is 0 Å². The van der Waals surface area contributed by atoms with Crippen molar-refractivity contribution in [1.82, 2.24) is 9.29 Å². The van der Waals surface area contributed by atoms with E-state index >= 15 is 0 Å². The van der Waals surface area contributed by atoms with E-state index in [1.165, 1.54) is 28.8 Å². The molecule has 0 aromatic carbocycles. The van der Waals surface area contributed by atoms with Crippen molar-refractivity contribution in [2.75, 3.05) is 7.05 Å². The first-order valence-electron chi connectivity index (χ1n) is 5.27. The van der Waals surface area contributed by atoms with Crippen LogP contribution in [0.1, 0.15) is 11.5 Å². The third-order valence-electron chi connectivity index (χ3n) is 2.46. The van der Waals surface area contributed by atoms with Gasteiger partial charge in [0, 0.05) is 18.5 Å². The molecule has 0 spiro atoms. The minimum atomic E-state index is -3.63. The van der Waals surface area contributed by atoms with Crippen molar-refractivity contribution in [1.29, 1.82) is 0 Å². The number of nitrogens with zero attached hydrogens (tertiary/aromatic N) is 2. The minimum Gasteiger partial charge on any atom is -0.452 e. The third-order valence-corrected chi connectivity index (χ3v) is 5.76. The van der Waals surface area contributed by atoms with Crippen LogP contribution in [-0.2, 0) is 23.1 Å². The van der Waals surface area contributed by atoms with Gasteiger partial charge in [-0.15, -0.1) is 11.3 Å².